The Balaban J connectivity index is 3.89. The van der Waals surface area contributed by atoms with Crippen LogP contribution in [0.5, 0.6) is 0 Å². The van der Waals surface area contributed by atoms with Crippen molar-refractivity contribution >= 4 is 0 Å². The summed E-state index contributed by atoms with van der Waals surface area (Å²) in [6, 6.07) is 0.525. The summed E-state index contributed by atoms with van der Waals surface area (Å²) in [4.78, 5) is 0. The van der Waals surface area contributed by atoms with E-state index in [2.05, 4.69) is 53.1 Å². The Hall–Kier alpha value is -0.460. The smallest absolute Gasteiger partial charge is 0.0275 e. The molecule has 0 fully saturated rings. The van der Waals surface area contributed by atoms with E-state index < -0.39 is 0 Å². The van der Waals surface area contributed by atoms with E-state index in [1.54, 1.807) is 0 Å². The summed E-state index contributed by atoms with van der Waals surface area (Å²) in [5.41, 5.74) is 1.66. The SMILES string of the molecule is CC(C)=CNC(C)C(C)(C)C. The fourth-order valence-corrected chi connectivity index (χ4v) is 0.542. The average Bonchev–Trinajstić information content (AvgIpc) is 1.80. The van der Waals surface area contributed by atoms with Gasteiger partial charge in [0, 0.05) is 6.04 Å². The van der Waals surface area contributed by atoms with Crippen molar-refractivity contribution in [3.63, 3.8) is 0 Å². The second kappa shape index (κ2) is 3.80. The quantitative estimate of drug-likeness (QED) is 0.646. The Morgan fingerprint density at radius 2 is 1.73 bits per heavy atom. The molecule has 1 nitrogen and oxygen atoms in total. The van der Waals surface area contributed by atoms with E-state index in [1.807, 2.05) is 0 Å². The summed E-state index contributed by atoms with van der Waals surface area (Å²) in [6.07, 6.45) is 2.08. The van der Waals surface area contributed by atoms with Gasteiger partial charge in [-0.15, -0.1) is 0 Å². The minimum absolute atomic E-state index is 0.339. The highest BCUT2D eigenvalue weighted by molar-refractivity contribution is 4.93. The first-order valence-electron chi connectivity index (χ1n) is 4.23. The maximum Gasteiger partial charge on any atom is 0.0275 e. The fraction of sp³-hybridized carbons (Fsp3) is 0.800. The van der Waals surface area contributed by atoms with Crippen LogP contribution in [-0.2, 0) is 0 Å². The standard InChI is InChI=1S/C10H21N/c1-8(2)7-11-9(3)10(4,5)6/h7,9,11H,1-6H3. The number of rotatable bonds is 2. The maximum absolute atomic E-state index is 3.36. The second-order valence-corrected chi connectivity index (χ2v) is 4.48. The molecule has 0 aromatic carbocycles. The minimum Gasteiger partial charge on any atom is -0.388 e. The van der Waals surface area contributed by atoms with Gasteiger partial charge >= 0.3 is 0 Å². The Labute approximate surface area is 70.9 Å². The minimum atomic E-state index is 0.339. The van der Waals surface area contributed by atoms with Gasteiger partial charge in [-0.1, -0.05) is 26.3 Å². The molecule has 0 radical (unpaired) electrons. The molecule has 66 valence electrons. The zero-order chi connectivity index (χ0) is 9.07. The molecule has 0 rings (SSSR count). The predicted molar refractivity (Wildman–Crippen MR) is 51.5 cm³/mol. The fourth-order valence-electron chi connectivity index (χ4n) is 0.542. The number of hydrogen-bond donors (Lipinski definition) is 1. The zero-order valence-corrected chi connectivity index (χ0v) is 8.65. The van der Waals surface area contributed by atoms with Gasteiger partial charge < -0.3 is 5.32 Å². The Kier molecular flexibility index (Phi) is 3.64. The molecule has 11 heavy (non-hydrogen) atoms. The highest BCUT2D eigenvalue weighted by Crippen LogP contribution is 2.18. The van der Waals surface area contributed by atoms with Gasteiger partial charge in [0.2, 0.25) is 0 Å². The van der Waals surface area contributed by atoms with E-state index in [9.17, 15) is 0 Å². The maximum atomic E-state index is 3.36. The summed E-state index contributed by atoms with van der Waals surface area (Å²) in [5, 5.41) is 3.36. The van der Waals surface area contributed by atoms with Crippen LogP contribution < -0.4 is 5.32 Å². The molecule has 0 heterocycles. The molecule has 0 saturated heterocycles. The molecule has 1 heteroatoms. The molecule has 0 aliphatic rings. The zero-order valence-electron chi connectivity index (χ0n) is 8.65. The Morgan fingerprint density at radius 1 is 1.27 bits per heavy atom. The summed E-state index contributed by atoms with van der Waals surface area (Å²) < 4.78 is 0. The van der Waals surface area contributed by atoms with E-state index in [4.69, 9.17) is 0 Å². The molecule has 0 spiro atoms. The molecule has 0 aromatic heterocycles. The van der Waals surface area contributed by atoms with Crippen molar-refractivity contribution in [1.29, 1.82) is 0 Å². The third-order valence-electron chi connectivity index (χ3n) is 1.92. The van der Waals surface area contributed by atoms with Crippen LogP contribution in [-0.4, -0.2) is 6.04 Å². The molecule has 1 unspecified atom stereocenters. The molecule has 0 aromatic rings. The average molecular weight is 155 g/mol. The van der Waals surface area contributed by atoms with Gasteiger partial charge in [-0.3, -0.25) is 0 Å². The van der Waals surface area contributed by atoms with E-state index in [-0.39, 0.29) is 0 Å². The van der Waals surface area contributed by atoms with Crippen LogP contribution in [0.2, 0.25) is 0 Å². The molecule has 1 atom stereocenters. The third-order valence-corrected chi connectivity index (χ3v) is 1.92. The molecule has 0 amide bonds. The first-order chi connectivity index (χ1) is 4.84. The van der Waals surface area contributed by atoms with Crippen LogP contribution in [0.1, 0.15) is 41.5 Å². The van der Waals surface area contributed by atoms with Crippen molar-refractivity contribution < 1.29 is 0 Å². The van der Waals surface area contributed by atoms with Crippen molar-refractivity contribution in [2.45, 2.75) is 47.6 Å². The van der Waals surface area contributed by atoms with Crippen LogP contribution in [0.3, 0.4) is 0 Å². The Bertz CT molecular complexity index is 135. The molecule has 0 aliphatic carbocycles. The van der Waals surface area contributed by atoms with Crippen LogP contribution in [0.4, 0.5) is 0 Å². The van der Waals surface area contributed by atoms with Crippen molar-refractivity contribution in [1.82, 2.24) is 5.32 Å². The lowest BCUT2D eigenvalue weighted by atomic mass is 9.88. The van der Waals surface area contributed by atoms with Gasteiger partial charge in [-0.2, -0.15) is 0 Å². The first kappa shape index (κ1) is 10.5. The third kappa shape index (κ3) is 4.88. The van der Waals surface area contributed by atoms with Gasteiger partial charge in [0.15, 0.2) is 0 Å². The van der Waals surface area contributed by atoms with E-state index in [1.165, 1.54) is 5.57 Å². The molecular formula is C10H21N. The summed E-state index contributed by atoms with van der Waals surface area (Å²) in [6.45, 7) is 13.1. The van der Waals surface area contributed by atoms with Crippen molar-refractivity contribution in [2.24, 2.45) is 5.41 Å². The predicted octanol–water partition coefficient (Wildman–Crippen LogP) is 2.93. The molecule has 0 bridgehead atoms. The van der Waals surface area contributed by atoms with Gasteiger partial charge in [-0.05, 0) is 32.4 Å². The highest BCUT2D eigenvalue weighted by atomic mass is 14.9. The van der Waals surface area contributed by atoms with Crippen molar-refractivity contribution in [2.75, 3.05) is 0 Å². The van der Waals surface area contributed by atoms with Crippen LogP contribution in [0.15, 0.2) is 11.8 Å². The highest BCUT2D eigenvalue weighted by Gasteiger charge is 2.17. The molecule has 0 saturated carbocycles. The molecular weight excluding hydrogens is 134 g/mol. The van der Waals surface area contributed by atoms with Crippen LogP contribution in [0, 0.1) is 5.41 Å². The summed E-state index contributed by atoms with van der Waals surface area (Å²) in [5.74, 6) is 0. The van der Waals surface area contributed by atoms with Gasteiger partial charge in [-0.25, -0.2) is 0 Å². The second-order valence-electron chi connectivity index (χ2n) is 4.48. The molecule has 1 N–H and O–H groups in total. The number of hydrogen-bond acceptors (Lipinski definition) is 1. The number of nitrogens with one attached hydrogen (secondary N) is 1. The summed E-state index contributed by atoms with van der Waals surface area (Å²) in [7, 11) is 0. The van der Waals surface area contributed by atoms with Gasteiger partial charge in [0.05, 0.1) is 0 Å². The molecule has 0 aliphatic heterocycles. The normalized spacial score (nSPS) is 14.0. The van der Waals surface area contributed by atoms with E-state index in [0.29, 0.717) is 11.5 Å². The van der Waals surface area contributed by atoms with Crippen LogP contribution in [0.25, 0.3) is 0 Å². The summed E-state index contributed by atoms with van der Waals surface area (Å²) >= 11 is 0. The number of allylic oxidation sites excluding steroid dienone is 1. The van der Waals surface area contributed by atoms with Gasteiger partial charge in [0.1, 0.15) is 0 Å². The van der Waals surface area contributed by atoms with E-state index >= 15 is 0 Å². The van der Waals surface area contributed by atoms with E-state index in [0.717, 1.165) is 0 Å². The lowest BCUT2D eigenvalue weighted by Gasteiger charge is -2.27. The Morgan fingerprint density at radius 3 is 2.00 bits per heavy atom. The van der Waals surface area contributed by atoms with Crippen molar-refractivity contribution in [3.8, 4) is 0 Å². The van der Waals surface area contributed by atoms with Crippen molar-refractivity contribution in [3.05, 3.63) is 11.8 Å². The lowest BCUT2D eigenvalue weighted by molar-refractivity contribution is 0.308. The van der Waals surface area contributed by atoms with Crippen LogP contribution >= 0.6 is 0 Å². The lowest BCUT2D eigenvalue weighted by Crippen LogP contribution is -2.34. The largest absolute Gasteiger partial charge is 0.388 e. The monoisotopic (exact) mass is 155 g/mol. The first-order valence-corrected chi connectivity index (χ1v) is 4.23. The topological polar surface area (TPSA) is 12.0 Å². The van der Waals surface area contributed by atoms with Gasteiger partial charge in [0.25, 0.3) is 0 Å².